The van der Waals surface area contributed by atoms with Gasteiger partial charge in [-0.05, 0) is 17.5 Å². The average molecular weight is 277 g/mol. The van der Waals surface area contributed by atoms with E-state index in [1.807, 2.05) is 26.0 Å². The number of anilines is 1. The van der Waals surface area contributed by atoms with Gasteiger partial charge in [0.05, 0.1) is 24.6 Å². The highest BCUT2D eigenvalue weighted by Gasteiger charge is 2.66. The van der Waals surface area contributed by atoms with Crippen LogP contribution in [0.3, 0.4) is 0 Å². The molecule has 1 fully saturated rings. The number of carboxylic acid groups (broad SMARTS) is 1. The van der Waals surface area contributed by atoms with E-state index in [1.165, 1.54) is 12.0 Å². The number of hydrogen-bond acceptors (Lipinski definition) is 3. The van der Waals surface area contributed by atoms with E-state index in [4.69, 9.17) is 9.84 Å². The topological polar surface area (TPSA) is 66.8 Å². The lowest BCUT2D eigenvalue weighted by molar-refractivity contribution is -0.140. The molecule has 0 unspecified atom stereocenters. The molecule has 2 rings (SSSR count). The van der Waals surface area contributed by atoms with Gasteiger partial charge in [0, 0.05) is 7.05 Å². The summed E-state index contributed by atoms with van der Waals surface area (Å²) in [5.41, 5.74) is 0.144. The van der Waals surface area contributed by atoms with E-state index in [0.29, 0.717) is 11.4 Å². The second-order valence-electron chi connectivity index (χ2n) is 5.68. The van der Waals surface area contributed by atoms with Crippen LogP contribution >= 0.6 is 0 Å². The van der Waals surface area contributed by atoms with Crippen molar-refractivity contribution in [1.82, 2.24) is 0 Å². The molecular formula is C15H19NO4. The Morgan fingerprint density at radius 1 is 1.25 bits per heavy atom. The van der Waals surface area contributed by atoms with Crippen LogP contribution in [0.1, 0.15) is 13.8 Å². The zero-order chi connectivity index (χ0) is 15.1. The summed E-state index contributed by atoms with van der Waals surface area (Å²) in [6, 6.07) is 7.18. The highest BCUT2D eigenvalue weighted by molar-refractivity contribution is 6.01. The molecular weight excluding hydrogens is 258 g/mol. The Morgan fingerprint density at radius 3 is 2.35 bits per heavy atom. The first-order valence-electron chi connectivity index (χ1n) is 6.45. The lowest BCUT2D eigenvalue weighted by atomic mass is 10.1. The normalized spacial score (nSPS) is 23.0. The molecule has 0 aliphatic heterocycles. The molecule has 1 aromatic rings. The first-order chi connectivity index (χ1) is 9.32. The van der Waals surface area contributed by atoms with Crippen LogP contribution < -0.4 is 9.64 Å². The van der Waals surface area contributed by atoms with Gasteiger partial charge in [0.1, 0.15) is 5.75 Å². The second kappa shape index (κ2) is 4.81. The fourth-order valence-corrected chi connectivity index (χ4v) is 2.79. The van der Waals surface area contributed by atoms with Crippen LogP contribution in [0.4, 0.5) is 5.69 Å². The van der Waals surface area contributed by atoms with Crippen LogP contribution in [0.5, 0.6) is 5.75 Å². The number of ether oxygens (including phenoxy) is 1. The summed E-state index contributed by atoms with van der Waals surface area (Å²) < 4.78 is 5.23. The minimum Gasteiger partial charge on any atom is -0.495 e. The van der Waals surface area contributed by atoms with Gasteiger partial charge in [-0.15, -0.1) is 0 Å². The number of benzene rings is 1. The summed E-state index contributed by atoms with van der Waals surface area (Å²) in [4.78, 5) is 25.2. The molecule has 0 spiro atoms. The van der Waals surface area contributed by atoms with Gasteiger partial charge in [-0.1, -0.05) is 26.0 Å². The van der Waals surface area contributed by atoms with E-state index in [0.717, 1.165) is 0 Å². The monoisotopic (exact) mass is 277 g/mol. The van der Waals surface area contributed by atoms with Crippen LogP contribution in [0, 0.1) is 17.3 Å². The quantitative estimate of drug-likeness (QED) is 0.914. The standard InChI is InChI=1S/C15H19NO4/c1-15(2)11(12(15)14(18)19)13(17)16(3)9-7-5-6-8-10(9)20-4/h5-8,11-12H,1-4H3,(H,18,19)/t11-,12+/m1/s1. The molecule has 0 saturated heterocycles. The summed E-state index contributed by atoms with van der Waals surface area (Å²) in [5.74, 6) is -1.62. The minimum atomic E-state index is -0.915. The van der Waals surface area contributed by atoms with Crippen molar-refractivity contribution in [3.63, 3.8) is 0 Å². The number of amides is 1. The lowest BCUT2D eigenvalue weighted by Crippen LogP contribution is -2.30. The van der Waals surface area contributed by atoms with Gasteiger partial charge >= 0.3 is 5.97 Å². The SMILES string of the molecule is COc1ccccc1N(C)C(=O)[C@H]1[C@@H](C(=O)O)C1(C)C. The van der Waals surface area contributed by atoms with E-state index in [2.05, 4.69) is 0 Å². The third kappa shape index (κ3) is 2.13. The predicted octanol–water partition coefficient (Wildman–Crippen LogP) is 2.01. The van der Waals surface area contributed by atoms with Crippen molar-refractivity contribution < 1.29 is 19.4 Å². The Hall–Kier alpha value is -2.04. The van der Waals surface area contributed by atoms with E-state index in [9.17, 15) is 9.59 Å². The van der Waals surface area contributed by atoms with Crippen LogP contribution in [0.2, 0.25) is 0 Å². The highest BCUT2D eigenvalue weighted by atomic mass is 16.5. The molecule has 1 aliphatic carbocycles. The summed E-state index contributed by atoms with van der Waals surface area (Å²) in [7, 11) is 3.19. The molecule has 1 saturated carbocycles. The summed E-state index contributed by atoms with van der Waals surface area (Å²) in [6.45, 7) is 3.62. The Morgan fingerprint density at radius 2 is 1.85 bits per heavy atom. The van der Waals surface area contributed by atoms with Gasteiger partial charge in [-0.25, -0.2) is 0 Å². The predicted molar refractivity (Wildman–Crippen MR) is 74.8 cm³/mol. The number of para-hydroxylation sites is 2. The fourth-order valence-electron chi connectivity index (χ4n) is 2.79. The van der Waals surface area contributed by atoms with E-state index in [-0.39, 0.29) is 5.91 Å². The van der Waals surface area contributed by atoms with E-state index < -0.39 is 23.2 Å². The van der Waals surface area contributed by atoms with Gasteiger partial charge in [0.25, 0.3) is 0 Å². The van der Waals surface area contributed by atoms with Crippen molar-refractivity contribution in [2.45, 2.75) is 13.8 Å². The number of hydrogen-bond donors (Lipinski definition) is 1. The smallest absolute Gasteiger partial charge is 0.307 e. The van der Waals surface area contributed by atoms with Crippen LogP contribution in [0.15, 0.2) is 24.3 Å². The van der Waals surface area contributed by atoms with Crippen molar-refractivity contribution in [2.24, 2.45) is 17.3 Å². The molecule has 0 heterocycles. The molecule has 1 aliphatic rings. The number of carbonyl (C=O) groups excluding carboxylic acids is 1. The average Bonchev–Trinajstić information content (AvgIpc) is 3.00. The molecule has 2 atom stereocenters. The van der Waals surface area contributed by atoms with Crippen molar-refractivity contribution in [3.05, 3.63) is 24.3 Å². The number of nitrogens with zero attached hydrogens (tertiary/aromatic N) is 1. The van der Waals surface area contributed by atoms with Gasteiger partial charge in [0.2, 0.25) is 5.91 Å². The Labute approximate surface area is 118 Å². The maximum Gasteiger partial charge on any atom is 0.307 e. The first kappa shape index (κ1) is 14.4. The third-order valence-electron chi connectivity index (χ3n) is 4.14. The molecule has 5 heteroatoms. The Bertz CT molecular complexity index is 553. The maximum atomic E-state index is 12.5. The van der Waals surface area contributed by atoms with Crippen molar-refractivity contribution >= 4 is 17.6 Å². The molecule has 0 radical (unpaired) electrons. The minimum absolute atomic E-state index is 0.188. The fraction of sp³-hybridized carbons (Fsp3) is 0.467. The summed E-state index contributed by atoms with van der Waals surface area (Å²) >= 11 is 0. The first-order valence-corrected chi connectivity index (χ1v) is 6.45. The molecule has 1 N–H and O–H groups in total. The van der Waals surface area contributed by atoms with Gasteiger partial charge < -0.3 is 14.7 Å². The number of carbonyl (C=O) groups is 2. The highest BCUT2D eigenvalue weighted by Crippen LogP contribution is 2.59. The van der Waals surface area contributed by atoms with Crippen molar-refractivity contribution in [2.75, 3.05) is 19.1 Å². The lowest BCUT2D eigenvalue weighted by Gasteiger charge is -2.20. The molecule has 20 heavy (non-hydrogen) atoms. The zero-order valence-electron chi connectivity index (χ0n) is 12.1. The number of rotatable bonds is 4. The summed E-state index contributed by atoms with van der Waals surface area (Å²) in [5, 5.41) is 9.17. The van der Waals surface area contributed by atoms with Crippen LogP contribution in [0.25, 0.3) is 0 Å². The van der Waals surface area contributed by atoms with E-state index in [1.54, 1.807) is 19.2 Å². The molecule has 5 nitrogen and oxygen atoms in total. The van der Waals surface area contributed by atoms with Gasteiger partial charge in [-0.3, -0.25) is 9.59 Å². The molecule has 108 valence electrons. The molecule has 1 aromatic carbocycles. The largest absolute Gasteiger partial charge is 0.495 e. The number of carboxylic acids is 1. The number of methoxy groups -OCH3 is 1. The molecule has 0 bridgehead atoms. The van der Waals surface area contributed by atoms with E-state index >= 15 is 0 Å². The zero-order valence-corrected chi connectivity index (χ0v) is 12.1. The van der Waals surface area contributed by atoms with Gasteiger partial charge in [-0.2, -0.15) is 0 Å². The second-order valence-corrected chi connectivity index (χ2v) is 5.68. The maximum absolute atomic E-state index is 12.5. The van der Waals surface area contributed by atoms with Gasteiger partial charge in [0.15, 0.2) is 0 Å². The Kier molecular flexibility index (Phi) is 3.46. The Balaban J connectivity index is 2.24. The molecule has 0 aromatic heterocycles. The van der Waals surface area contributed by atoms with Crippen molar-refractivity contribution in [1.29, 1.82) is 0 Å². The van der Waals surface area contributed by atoms with Crippen LogP contribution in [-0.2, 0) is 9.59 Å². The molecule has 1 amide bonds. The van der Waals surface area contributed by atoms with Crippen molar-refractivity contribution in [3.8, 4) is 5.75 Å². The summed E-state index contributed by atoms with van der Waals surface area (Å²) in [6.07, 6.45) is 0. The van der Waals surface area contributed by atoms with Crippen LogP contribution in [-0.4, -0.2) is 31.1 Å². The number of aliphatic carboxylic acids is 1. The third-order valence-corrected chi connectivity index (χ3v) is 4.14.